The number of anilines is 1. The van der Waals surface area contributed by atoms with E-state index in [9.17, 15) is 9.59 Å². The van der Waals surface area contributed by atoms with E-state index in [0.29, 0.717) is 17.6 Å². The first-order valence-corrected chi connectivity index (χ1v) is 9.06. The molecule has 1 aliphatic rings. The summed E-state index contributed by atoms with van der Waals surface area (Å²) in [6.45, 7) is 7.26. The van der Waals surface area contributed by atoms with Crippen molar-refractivity contribution < 1.29 is 9.59 Å². The molecule has 0 saturated heterocycles. The molecule has 7 heteroatoms. The van der Waals surface area contributed by atoms with Crippen LogP contribution in [0, 0.1) is 11.3 Å². The Labute approximate surface area is 149 Å². The van der Waals surface area contributed by atoms with Crippen molar-refractivity contribution in [3.63, 3.8) is 0 Å². The number of aromatic nitrogens is 2. The molecule has 2 rings (SSSR count). The molecule has 0 aliphatic heterocycles. The molecule has 0 aromatic carbocycles. The average molecular weight is 349 g/mol. The summed E-state index contributed by atoms with van der Waals surface area (Å²) < 4.78 is 1.50. The fourth-order valence-corrected chi connectivity index (χ4v) is 3.58. The van der Waals surface area contributed by atoms with Crippen molar-refractivity contribution in [2.45, 2.75) is 59.0 Å². The summed E-state index contributed by atoms with van der Waals surface area (Å²) in [6, 6.07) is 0.385. The van der Waals surface area contributed by atoms with E-state index in [4.69, 9.17) is 0 Å². The highest BCUT2D eigenvalue weighted by Crippen LogP contribution is 2.37. The van der Waals surface area contributed by atoms with Crippen LogP contribution in [0.5, 0.6) is 0 Å². The second-order valence-corrected chi connectivity index (χ2v) is 7.89. The summed E-state index contributed by atoms with van der Waals surface area (Å²) in [5.74, 6) is 0.371. The summed E-state index contributed by atoms with van der Waals surface area (Å²) in [5.41, 5.74) is 0.849. The number of hydrogen-bond acceptors (Lipinski definition) is 4. The molecule has 1 fully saturated rings. The number of carbonyl (C=O) groups is 2. The Morgan fingerprint density at radius 1 is 1.24 bits per heavy atom. The van der Waals surface area contributed by atoms with Gasteiger partial charge in [-0.15, -0.1) is 0 Å². The standard InChI is InChI=1S/C18H31N5O2/c1-18(2,3)14-7-5-6-8-15(14)20-10-16(24)22-13-9-21-23(11-13)12-17(25)19-4/h9,11,14-15,20H,5-8,10,12H2,1-4H3,(H,19,25)(H,22,24)/t14-,15+/m0/s1. The Bertz CT molecular complexity index is 591. The first-order valence-electron chi connectivity index (χ1n) is 9.06. The second-order valence-electron chi connectivity index (χ2n) is 7.89. The van der Waals surface area contributed by atoms with Crippen LogP contribution in [-0.2, 0) is 16.1 Å². The summed E-state index contributed by atoms with van der Waals surface area (Å²) in [7, 11) is 1.58. The Balaban J connectivity index is 1.83. The fourth-order valence-electron chi connectivity index (χ4n) is 3.58. The molecule has 1 aromatic heterocycles. The van der Waals surface area contributed by atoms with Crippen LogP contribution in [0.2, 0.25) is 0 Å². The topological polar surface area (TPSA) is 88.0 Å². The molecule has 2 amide bonds. The molecule has 1 saturated carbocycles. The van der Waals surface area contributed by atoms with Gasteiger partial charge in [-0.05, 0) is 24.2 Å². The summed E-state index contributed by atoms with van der Waals surface area (Å²) >= 11 is 0. The molecule has 1 aromatic rings. The van der Waals surface area contributed by atoms with Crippen LogP contribution in [0.25, 0.3) is 0 Å². The van der Waals surface area contributed by atoms with Crippen LogP contribution in [0.15, 0.2) is 12.4 Å². The maximum absolute atomic E-state index is 12.2. The first-order chi connectivity index (χ1) is 11.8. The molecule has 0 radical (unpaired) electrons. The lowest BCUT2D eigenvalue weighted by molar-refractivity contribution is -0.121. The van der Waals surface area contributed by atoms with Crippen LogP contribution >= 0.6 is 0 Å². The average Bonchev–Trinajstić information content (AvgIpc) is 2.99. The first kappa shape index (κ1) is 19.4. The molecular weight excluding hydrogens is 318 g/mol. The maximum atomic E-state index is 12.2. The Kier molecular flexibility index (Phi) is 6.58. The number of amides is 2. The Hall–Kier alpha value is -1.89. The summed E-state index contributed by atoms with van der Waals surface area (Å²) in [6.07, 6.45) is 8.05. The number of nitrogens with zero attached hydrogens (tertiary/aromatic N) is 2. The molecule has 1 heterocycles. The van der Waals surface area contributed by atoms with E-state index in [1.54, 1.807) is 19.4 Å². The lowest BCUT2D eigenvalue weighted by atomic mass is 9.69. The van der Waals surface area contributed by atoms with Gasteiger partial charge in [0, 0.05) is 19.3 Å². The van der Waals surface area contributed by atoms with Gasteiger partial charge in [0.05, 0.1) is 18.4 Å². The van der Waals surface area contributed by atoms with Crippen LogP contribution in [0.3, 0.4) is 0 Å². The number of likely N-dealkylation sites (N-methyl/N-ethyl adjacent to an activating group) is 1. The van der Waals surface area contributed by atoms with Gasteiger partial charge < -0.3 is 16.0 Å². The zero-order chi connectivity index (χ0) is 18.4. The molecule has 25 heavy (non-hydrogen) atoms. The molecule has 0 spiro atoms. The fraction of sp³-hybridized carbons (Fsp3) is 0.722. The van der Waals surface area contributed by atoms with Crippen molar-refractivity contribution in [1.29, 1.82) is 0 Å². The molecule has 2 atom stereocenters. The van der Waals surface area contributed by atoms with Gasteiger partial charge >= 0.3 is 0 Å². The number of rotatable bonds is 6. The second kappa shape index (κ2) is 8.47. The van der Waals surface area contributed by atoms with Gasteiger partial charge in [-0.25, -0.2) is 0 Å². The SMILES string of the molecule is CNC(=O)Cn1cc(NC(=O)CN[C@@H]2CCCC[C@@H]2C(C)(C)C)cn1. The van der Waals surface area contributed by atoms with Gasteiger partial charge in [-0.1, -0.05) is 33.6 Å². The highest BCUT2D eigenvalue weighted by Gasteiger charge is 2.33. The largest absolute Gasteiger partial charge is 0.358 e. The lowest BCUT2D eigenvalue weighted by Crippen LogP contribution is -2.46. The van der Waals surface area contributed by atoms with E-state index in [-0.39, 0.29) is 30.3 Å². The van der Waals surface area contributed by atoms with E-state index in [1.807, 2.05) is 0 Å². The zero-order valence-electron chi connectivity index (χ0n) is 15.8. The minimum atomic E-state index is -0.131. The normalized spacial score (nSPS) is 21.0. The molecule has 0 bridgehead atoms. The van der Waals surface area contributed by atoms with Crippen molar-refractivity contribution in [3.05, 3.63) is 12.4 Å². The predicted octanol–water partition coefficient (Wildman–Crippen LogP) is 1.76. The van der Waals surface area contributed by atoms with E-state index in [2.05, 4.69) is 41.8 Å². The highest BCUT2D eigenvalue weighted by atomic mass is 16.2. The minimum Gasteiger partial charge on any atom is -0.358 e. The van der Waals surface area contributed by atoms with Gasteiger partial charge in [0.15, 0.2) is 0 Å². The predicted molar refractivity (Wildman–Crippen MR) is 98.1 cm³/mol. The lowest BCUT2D eigenvalue weighted by Gasteiger charge is -2.40. The van der Waals surface area contributed by atoms with Crippen molar-refractivity contribution in [3.8, 4) is 0 Å². The van der Waals surface area contributed by atoms with Gasteiger partial charge in [-0.3, -0.25) is 14.3 Å². The van der Waals surface area contributed by atoms with Crippen molar-refractivity contribution in [2.24, 2.45) is 11.3 Å². The van der Waals surface area contributed by atoms with E-state index >= 15 is 0 Å². The van der Waals surface area contributed by atoms with Crippen molar-refractivity contribution in [2.75, 3.05) is 18.9 Å². The summed E-state index contributed by atoms with van der Waals surface area (Å²) in [4.78, 5) is 23.5. The maximum Gasteiger partial charge on any atom is 0.241 e. The van der Waals surface area contributed by atoms with Gasteiger partial charge in [-0.2, -0.15) is 5.10 Å². The smallest absolute Gasteiger partial charge is 0.241 e. The highest BCUT2D eigenvalue weighted by molar-refractivity contribution is 5.92. The molecule has 7 nitrogen and oxygen atoms in total. The van der Waals surface area contributed by atoms with Crippen molar-refractivity contribution in [1.82, 2.24) is 20.4 Å². The van der Waals surface area contributed by atoms with Crippen LogP contribution < -0.4 is 16.0 Å². The third kappa shape index (κ3) is 5.85. The quantitative estimate of drug-likeness (QED) is 0.730. The number of nitrogens with one attached hydrogen (secondary N) is 3. The Morgan fingerprint density at radius 2 is 1.96 bits per heavy atom. The molecular formula is C18H31N5O2. The number of carbonyl (C=O) groups excluding carboxylic acids is 2. The molecule has 0 unspecified atom stereocenters. The van der Waals surface area contributed by atoms with Gasteiger partial charge in [0.2, 0.25) is 11.8 Å². The number of hydrogen-bond donors (Lipinski definition) is 3. The molecule has 1 aliphatic carbocycles. The monoisotopic (exact) mass is 349 g/mol. The van der Waals surface area contributed by atoms with E-state index < -0.39 is 0 Å². The molecule has 3 N–H and O–H groups in total. The van der Waals surface area contributed by atoms with E-state index in [0.717, 1.165) is 6.42 Å². The van der Waals surface area contributed by atoms with Gasteiger partial charge in [0.25, 0.3) is 0 Å². The van der Waals surface area contributed by atoms with Gasteiger partial charge in [0.1, 0.15) is 6.54 Å². The third-order valence-electron chi connectivity index (χ3n) is 4.90. The zero-order valence-corrected chi connectivity index (χ0v) is 15.8. The Morgan fingerprint density at radius 3 is 2.64 bits per heavy atom. The third-order valence-corrected chi connectivity index (χ3v) is 4.90. The van der Waals surface area contributed by atoms with Crippen molar-refractivity contribution >= 4 is 17.5 Å². The summed E-state index contributed by atoms with van der Waals surface area (Å²) in [5, 5.41) is 12.9. The van der Waals surface area contributed by atoms with Crippen LogP contribution in [0.4, 0.5) is 5.69 Å². The van der Waals surface area contributed by atoms with Crippen LogP contribution in [-0.4, -0.2) is 41.2 Å². The van der Waals surface area contributed by atoms with E-state index in [1.165, 1.54) is 23.9 Å². The molecule has 140 valence electrons. The van der Waals surface area contributed by atoms with Crippen LogP contribution in [0.1, 0.15) is 46.5 Å². The minimum absolute atomic E-state index is 0.0854.